The number of nitrogens with zero attached hydrogens (tertiary/aromatic N) is 1. The second kappa shape index (κ2) is 2.78. The van der Waals surface area contributed by atoms with E-state index in [0.29, 0.717) is 6.61 Å². The van der Waals surface area contributed by atoms with Gasteiger partial charge in [0.15, 0.2) is 10.5 Å². The molecule has 3 fully saturated rings. The van der Waals surface area contributed by atoms with Crippen molar-refractivity contribution in [3.63, 3.8) is 0 Å². The first-order valence-electron chi connectivity index (χ1n) is 5.98. The Bertz CT molecular complexity index is 488. The van der Waals surface area contributed by atoms with E-state index < -0.39 is 4.75 Å². The van der Waals surface area contributed by atoms with Gasteiger partial charge in [-0.25, -0.2) is 0 Å². The summed E-state index contributed by atoms with van der Waals surface area (Å²) in [5, 5.41) is 0. The fraction of sp³-hybridized carbons (Fsp3) is 0.667. The lowest BCUT2D eigenvalue weighted by Crippen LogP contribution is -2.57. The van der Waals surface area contributed by atoms with Crippen LogP contribution in [0.15, 0.2) is 11.6 Å². The van der Waals surface area contributed by atoms with Crippen molar-refractivity contribution in [3.05, 3.63) is 11.6 Å². The summed E-state index contributed by atoms with van der Waals surface area (Å²) in [6.07, 6.45) is 3.92. The van der Waals surface area contributed by atoms with E-state index in [0.717, 1.165) is 25.0 Å². The van der Waals surface area contributed by atoms with Crippen molar-refractivity contribution in [2.75, 3.05) is 13.2 Å². The number of hydrogen-bond donors (Lipinski definition) is 0. The van der Waals surface area contributed by atoms with E-state index in [9.17, 15) is 9.59 Å². The van der Waals surface area contributed by atoms with Crippen molar-refractivity contribution < 1.29 is 14.3 Å². The van der Waals surface area contributed by atoms with Crippen LogP contribution < -0.4 is 0 Å². The molecule has 4 nitrogen and oxygen atoms in total. The van der Waals surface area contributed by atoms with Gasteiger partial charge in [0.2, 0.25) is 0 Å². The maximum atomic E-state index is 12.5. The Morgan fingerprint density at radius 1 is 1.65 bits per heavy atom. The highest BCUT2D eigenvalue weighted by atomic mass is 32.2. The van der Waals surface area contributed by atoms with E-state index in [1.807, 2.05) is 11.0 Å². The van der Waals surface area contributed by atoms with Crippen molar-refractivity contribution in [1.82, 2.24) is 4.90 Å². The molecular formula is C12H13NO3S. The molecule has 4 heterocycles. The molecule has 3 atom stereocenters. The lowest BCUT2D eigenvalue weighted by atomic mass is 9.86. The lowest BCUT2D eigenvalue weighted by molar-refractivity contribution is -0.140. The van der Waals surface area contributed by atoms with Gasteiger partial charge in [-0.15, -0.1) is 0 Å². The predicted octanol–water partition coefficient (Wildman–Crippen LogP) is 0.718. The molecule has 2 bridgehead atoms. The molecule has 4 aliphatic rings. The number of amides is 1. The molecule has 1 spiro atoms. The molecule has 4 aliphatic heterocycles. The molecule has 0 aromatic rings. The smallest absolute Gasteiger partial charge is 0.251 e. The van der Waals surface area contributed by atoms with E-state index in [1.54, 1.807) is 0 Å². The fourth-order valence-electron chi connectivity index (χ4n) is 3.57. The summed E-state index contributed by atoms with van der Waals surface area (Å²) in [5.74, 6) is -0.0640. The maximum absolute atomic E-state index is 12.5. The molecule has 0 aromatic heterocycles. The normalized spacial score (nSPS) is 46.2. The zero-order chi connectivity index (χ0) is 11.8. The number of ketones is 1. The largest absolute Gasteiger partial charge is 0.370 e. The van der Waals surface area contributed by atoms with Crippen molar-refractivity contribution in [3.8, 4) is 0 Å². The first-order valence-corrected chi connectivity index (χ1v) is 6.80. The Kier molecular flexibility index (Phi) is 1.66. The third-order valence-corrected chi connectivity index (χ3v) is 6.32. The number of hydrogen-bond acceptors (Lipinski definition) is 4. The highest BCUT2D eigenvalue weighted by Crippen LogP contribution is 2.65. The zero-order valence-corrected chi connectivity index (χ0v) is 10.4. The number of thioether (sulfide) groups is 1. The van der Waals surface area contributed by atoms with Gasteiger partial charge in [0.05, 0.1) is 12.7 Å². The second-order valence-corrected chi connectivity index (χ2v) is 6.63. The standard InChI is InChI=1S/C12H13NO3S/c1-7(14)11-5-8-6-16-9-3-2-4-13(10(11)15)12(8,9)17-11/h5,9H,2-4,6H2,1H3/t9-,11-,12+/m0/s1. The Labute approximate surface area is 103 Å². The van der Waals surface area contributed by atoms with Crippen molar-refractivity contribution >= 4 is 23.5 Å². The van der Waals surface area contributed by atoms with Gasteiger partial charge in [-0.05, 0) is 31.4 Å². The van der Waals surface area contributed by atoms with Gasteiger partial charge in [-0.1, -0.05) is 11.8 Å². The number of Topliss-reactive ketones (excluding diaryl/α,β-unsaturated/α-hetero) is 1. The van der Waals surface area contributed by atoms with Crippen molar-refractivity contribution in [2.45, 2.75) is 35.5 Å². The van der Waals surface area contributed by atoms with Gasteiger partial charge in [0.25, 0.3) is 5.91 Å². The third kappa shape index (κ3) is 0.868. The minimum absolute atomic E-state index is 0.0195. The molecule has 1 amide bonds. The predicted molar refractivity (Wildman–Crippen MR) is 62.5 cm³/mol. The molecule has 0 aromatic carbocycles. The Morgan fingerprint density at radius 2 is 2.47 bits per heavy atom. The lowest BCUT2D eigenvalue weighted by Gasteiger charge is -2.42. The number of rotatable bonds is 1. The van der Waals surface area contributed by atoms with Crippen LogP contribution in [0.3, 0.4) is 0 Å². The highest BCUT2D eigenvalue weighted by molar-refractivity contribution is 8.04. The fourth-order valence-corrected chi connectivity index (χ4v) is 5.46. The average molecular weight is 251 g/mol. The van der Waals surface area contributed by atoms with Gasteiger partial charge < -0.3 is 9.64 Å². The molecule has 0 radical (unpaired) electrons. The number of piperidine rings is 1. The molecule has 0 unspecified atom stereocenters. The van der Waals surface area contributed by atoms with E-state index in [-0.39, 0.29) is 22.7 Å². The molecule has 0 N–H and O–H groups in total. The Hall–Kier alpha value is -0.810. The van der Waals surface area contributed by atoms with Crippen LogP contribution in [-0.2, 0) is 14.3 Å². The van der Waals surface area contributed by atoms with E-state index in [2.05, 4.69) is 0 Å². The van der Waals surface area contributed by atoms with Crippen LogP contribution >= 0.6 is 11.8 Å². The Balaban J connectivity index is 1.95. The first-order chi connectivity index (χ1) is 8.11. The van der Waals surface area contributed by atoms with Gasteiger partial charge in [-0.3, -0.25) is 9.59 Å². The van der Waals surface area contributed by atoms with Crippen LogP contribution in [0.1, 0.15) is 19.8 Å². The van der Waals surface area contributed by atoms with E-state index in [4.69, 9.17) is 4.74 Å². The van der Waals surface area contributed by atoms with Crippen molar-refractivity contribution in [2.24, 2.45) is 0 Å². The molecule has 90 valence electrons. The maximum Gasteiger partial charge on any atom is 0.251 e. The quantitative estimate of drug-likeness (QED) is 0.509. The summed E-state index contributed by atoms with van der Waals surface area (Å²) < 4.78 is 4.86. The van der Waals surface area contributed by atoms with Gasteiger partial charge in [-0.2, -0.15) is 0 Å². The number of ether oxygens (including phenoxy) is 1. The minimum Gasteiger partial charge on any atom is -0.370 e. The molecule has 4 rings (SSSR count). The molecule has 5 heteroatoms. The van der Waals surface area contributed by atoms with Crippen LogP contribution in [-0.4, -0.2) is 45.5 Å². The number of carbonyl (C=O) groups is 2. The van der Waals surface area contributed by atoms with Crippen LogP contribution in [0.4, 0.5) is 0 Å². The third-order valence-electron chi connectivity index (χ3n) is 4.37. The van der Waals surface area contributed by atoms with E-state index >= 15 is 0 Å². The molecular weight excluding hydrogens is 238 g/mol. The summed E-state index contributed by atoms with van der Waals surface area (Å²) in [6.45, 7) is 2.86. The van der Waals surface area contributed by atoms with Gasteiger partial charge in [0, 0.05) is 6.54 Å². The molecule has 17 heavy (non-hydrogen) atoms. The molecule has 0 aliphatic carbocycles. The molecule has 0 saturated carbocycles. The first kappa shape index (κ1) is 10.1. The summed E-state index contributed by atoms with van der Waals surface area (Å²) >= 11 is 1.51. The second-order valence-electron chi connectivity index (χ2n) is 5.16. The van der Waals surface area contributed by atoms with Gasteiger partial charge >= 0.3 is 0 Å². The average Bonchev–Trinajstić information content (AvgIpc) is 2.86. The topological polar surface area (TPSA) is 46.6 Å². The number of carbonyl (C=O) groups excluding carboxylic acids is 2. The van der Waals surface area contributed by atoms with Crippen molar-refractivity contribution in [1.29, 1.82) is 0 Å². The van der Waals surface area contributed by atoms with Crippen LogP contribution in [0, 0.1) is 0 Å². The Morgan fingerprint density at radius 3 is 3.24 bits per heavy atom. The summed E-state index contributed by atoms with van der Waals surface area (Å²) in [5.41, 5.74) is 1.14. The highest BCUT2D eigenvalue weighted by Gasteiger charge is 2.73. The van der Waals surface area contributed by atoms with E-state index in [1.165, 1.54) is 18.7 Å². The molecule has 3 saturated heterocycles. The minimum atomic E-state index is -0.929. The summed E-state index contributed by atoms with van der Waals surface area (Å²) in [4.78, 5) is 25.9. The summed E-state index contributed by atoms with van der Waals surface area (Å²) in [7, 11) is 0. The van der Waals surface area contributed by atoms with Crippen LogP contribution in [0.25, 0.3) is 0 Å². The monoisotopic (exact) mass is 251 g/mol. The number of fused-ring (bicyclic) bond motifs is 1. The SMILES string of the molecule is CC(=O)[C@@]12C=C3CO[C@H]4CCCN(C1=O)[C@@]34S2. The van der Waals surface area contributed by atoms with Crippen LogP contribution in [0.5, 0.6) is 0 Å². The summed E-state index contributed by atoms with van der Waals surface area (Å²) in [6, 6.07) is 0. The zero-order valence-electron chi connectivity index (χ0n) is 9.56. The van der Waals surface area contributed by atoms with Crippen LogP contribution in [0.2, 0.25) is 0 Å². The van der Waals surface area contributed by atoms with Gasteiger partial charge in [0.1, 0.15) is 4.87 Å².